The number of unbranched alkanes of at least 4 members (excludes halogenated alkanes) is 15. The Kier molecular flexibility index (Phi) is 22.7. The summed E-state index contributed by atoms with van der Waals surface area (Å²) in [5, 5.41) is 30.5. The zero-order valence-corrected chi connectivity index (χ0v) is 26.2. The van der Waals surface area contributed by atoms with Crippen molar-refractivity contribution < 1.29 is 34.2 Å². The molecule has 0 bridgehead atoms. The van der Waals surface area contributed by atoms with Gasteiger partial charge in [0.1, 0.15) is 11.8 Å². The van der Waals surface area contributed by atoms with Gasteiger partial charge < -0.3 is 24.6 Å². The van der Waals surface area contributed by atoms with Gasteiger partial charge in [-0.2, -0.15) is 0 Å². The normalized spacial score (nSPS) is 15.5. The summed E-state index contributed by atoms with van der Waals surface area (Å²) in [6.07, 6.45) is 25.7. The van der Waals surface area contributed by atoms with E-state index in [1.54, 1.807) is 20.8 Å². The van der Waals surface area contributed by atoms with E-state index in [4.69, 9.17) is 0 Å². The molecule has 0 aromatic heterocycles. The minimum absolute atomic E-state index is 0.172. The van der Waals surface area contributed by atoms with Crippen molar-refractivity contribution in [2.75, 3.05) is 26.2 Å². The Balaban J connectivity index is 4.36. The summed E-state index contributed by atoms with van der Waals surface area (Å²) in [6, 6.07) is 0. The first-order chi connectivity index (χ1) is 19.0. The van der Waals surface area contributed by atoms with Gasteiger partial charge in [-0.15, -0.1) is 0 Å². The Morgan fingerprint density at radius 3 is 1.32 bits per heavy atom. The second kappa shape index (κ2) is 23.8. The third-order valence-corrected chi connectivity index (χ3v) is 8.12. The van der Waals surface area contributed by atoms with Crippen molar-refractivity contribution in [2.45, 2.75) is 137 Å². The molecule has 0 amide bonds. The van der Waals surface area contributed by atoms with E-state index in [9.17, 15) is 29.7 Å². The van der Waals surface area contributed by atoms with Crippen molar-refractivity contribution in [2.24, 2.45) is 17.8 Å². The Bertz CT molecular complexity index is 652. The molecule has 0 aliphatic heterocycles. The summed E-state index contributed by atoms with van der Waals surface area (Å²) in [5.74, 6) is -5.27. The number of carbonyl (C=O) groups excluding carboxylic acids is 1. The first-order valence-electron chi connectivity index (χ1n) is 16.2. The summed E-state index contributed by atoms with van der Waals surface area (Å²) in [7, 11) is 0. The minimum Gasteiger partial charge on any atom is -0.550 e. The molecule has 0 fully saturated rings. The average molecular weight is 568 g/mol. The average Bonchev–Trinajstić information content (AvgIpc) is 2.89. The van der Waals surface area contributed by atoms with Gasteiger partial charge in [0, 0.05) is 11.9 Å². The predicted molar refractivity (Wildman–Crippen MR) is 161 cm³/mol. The van der Waals surface area contributed by atoms with E-state index in [2.05, 4.69) is 19.1 Å². The van der Waals surface area contributed by atoms with Crippen LogP contribution in [-0.2, 0) is 14.4 Å². The van der Waals surface area contributed by atoms with Crippen LogP contribution in [0.3, 0.4) is 0 Å². The van der Waals surface area contributed by atoms with Gasteiger partial charge in [0.2, 0.25) is 0 Å². The van der Waals surface area contributed by atoms with Gasteiger partial charge in [-0.25, -0.2) is 0 Å². The van der Waals surface area contributed by atoms with Crippen molar-refractivity contribution in [3.63, 3.8) is 0 Å². The molecule has 0 radical (unpaired) electrons. The third kappa shape index (κ3) is 20.1. The molecule has 3 unspecified atom stereocenters. The van der Waals surface area contributed by atoms with E-state index in [0.717, 1.165) is 32.1 Å². The molecular weight excluding hydrogens is 506 g/mol. The van der Waals surface area contributed by atoms with Crippen LogP contribution in [0.2, 0.25) is 0 Å². The van der Waals surface area contributed by atoms with Gasteiger partial charge in [0.05, 0.1) is 26.2 Å². The van der Waals surface area contributed by atoms with Crippen LogP contribution in [0, 0.1) is 17.8 Å². The van der Waals surface area contributed by atoms with E-state index >= 15 is 0 Å². The molecule has 0 aliphatic rings. The van der Waals surface area contributed by atoms with Crippen molar-refractivity contribution in [3.05, 3.63) is 12.2 Å². The van der Waals surface area contributed by atoms with E-state index < -0.39 is 35.7 Å². The van der Waals surface area contributed by atoms with Crippen LogP contribution in [0.5, 0.6) is 0 Å². The lowest BCUT2D eigenvalue weighted by atomic mass is 10.0. The van der Waals surface area contributed by atoms with Crippen LogP contribution < -0.4 is 5.11 Å². The third-order valence-electron chi connectivity index (χ3n) is 8.12. The van der Waals surface area contributed by atoms with E-state index in [1.165, 1.54) is 77.0 Å². The fraction of sp³-hybridized carbons (Fsp3) is 0.848. The molecule has 0 aromatic rings. The molecule has 3 atom stereocenters. The van der Waals surface area contributed by atoms with Gasteiger partial charge >= 0.3 is 11.9 Å². The van der Waals surface area contributed by atoms with E-state index in [-0.39, 0.29) is 24.1 Å². The highest BCUT2D eigenvalue weighted by molar-refractivity contribution is 5.70. The van der Waals surface area contributed by atoms with E-state index in [1.807, 2.05) is 0 Å². The molecule has 40 heavy (non-hydrogen) atoms. The molecule has 0 saturated heterocycles. The zero-order chi connectivity index (χ0) is 30.2. The first kappa shape index (κ1) is 38.1. The van der Waals surface area contributed by atoms with Crippen LogP contribution in [0.25, 0.3) is 0 Å². The lowest BCUT2D eigenvalue weighted by Crippen LogP contribution is -2.58. The van der Waals surface area contributed by atoms with Crippen molar-refractivity contribution >= 4 is 17.9 Å². The summed E-state index contributed by atoms with van der Waals surface area (Å²) < 4.78 is 0.172. The van der Waals surface area contributed by atoms with Crippen molar-refractivity contribution in [3.8, 4) is 0 Å². The number of rotatable bonds is 28. The molecule has 0 aliphatic carbocycles. The second-order valence-electron chi connectivity index (χ2n) is 12.3. The Hall–Kier alpha value is -1.89. The molecule has 0 heterocycles. The molecule has 7 heteroatoms. The summed E-state index contributed by atoms with van der Waals surface area (Å²) in [5.41, 5.74) is 0. The fourth-order valence-electron chi connectivity index (χ4n) is 5.70. The van der Waals surface area contributed by atoms with Gasteiger partial charge in [0.15, 0.2) is 0 Å². The topological polar surface area (TPSA) is 115 Å². The SMILES string of the molecule is CCCCCCCCCCCCCC/C=C/CCCCC[N+](CC(C)C(=O)[O-])(CC(C)C(=O)O)CC(C)C(=O)O. The van der Waals surface area contributed by atoms with Gasteiger partial charge in [-0.1, -0.05) is 96.6 Å². The molecule has 0 aromatic carbocycles. The molecular formula is C33H61NO6. The maximum absolute atomic E-state index is 11.6. The maximum atomic E-state index is 11.6. The lowest BCUT2D eigenvalue weighted by Gasteiger charge is -2.43. The number of nitrogens with zero attached hydrogens (tertiary/aromatic N) is 1. The molecule has 2 N–H and O–H groups in total. The van der Waals surface area contributed by atoms with Crippen LogP contribution in [0.1, 0.15) is 137 Å². The summed E-state index contributed by atoms with van der Waals surface area (Å²) in [6.45, 7) is 8.19. The molecule has 0 spiro atoms. The van der Waals surface area contributed by atoms with Gasteiger partial charge in [-0.05, 0) is 52.4 Å². The number of aliphatic carboxylic acids is 3. The number of carboxylic acid groups (broad SMARTS) is 3. The highest BCUT2D eigenvalue weighted by Crippen LogP contribution is 2.22. The quantitative estimate of drug-likeness (QED) is 0.0608. The Labute approximate surface area is 245 Å². The lowest BCUT2D eigenvalue weighted by molar-refractivity contribution is -0.934. The number of quaternary nitrogens is 1. The van der Waals surface area contributed by atoms with Gasteiger partial charge in [-0.3, -0.25) is 9.59 Å². The molecule has 234 valence electrons. The number of hydrogen-bond acceptors (Lipinski definition) is 4. The van der Waals surface area contributed by atoms with Crippen molar-refractivity contribution in [1.29, 1.82) is 0 Å². The first-order valence-corrected chi connectivity index (χ1v) is 16.2. The standard InChI is InChI=1S/C33H61NO6/c1-5-6-7-8-9-10-11-12-13-14-15-16-17-18-19-20-21-22-23-24-34(25-28(2)31(35)36,26-29(3)32(37)38)27-30(4)33(39)40/h18-19,28-30H,5-17,20-27H2,1-4H3,(H2-,35,36,37,38,39,40)/b19-18+. The highest BCUT2D eigenvalue weighted by Gasteiger charge is 2.36. The second-order valence-corrected chi connectivity index (χ2v) is 12.3. The van der Waals surface area contributed by atoms with Crippen LogP contribution in [0.15, 0.2) is 12.2 Å². The zero-order valence-electron chi connectivity index (χ0n) is 26.2. The fourth-order valence-corrected chi connectivity index (χ4v) is 5.70. The van der Waals surface area contributed by atoms with E-state index in [0.29, 0.717) is 6.54 Å². The monoisotopic (exact) mass is 567 g/mol. The number of hydrogen-bond donors (Lipinski definition) is 2. The summed E-state index contributed by atoms with van der Waals surface area (Å²) in [4.78, 5) is 34.7. The number of carboxylic acids is 3. The largest absolute Gasteiger partial charge is 0.550 e. The van der Waals surface area contributed by atoms with Gasteiger partial charge in [0.25, 0.3) is 0 Å². The maximum Gasteiger partial charge on any atom is 0.311 e. The Morgan fingerprint density at radius 2 is 0.950 bits per heavy atom. The van der Waals surface area contributed by atoms with Crippen molar-refractivity contribution in [1.82, 2.24) is 0 Å². The van der Waals surface area contributed by atoms with Crippen LogP contribution in [-0.4, -0.2) is 58.8 Å². The Morgan fingerprint density at radius 1 is 0.600 bits per heavy atom. The molecule has 7 nitrogen and oxygen atoms in total. The predicted octanol–water partition coefficient (Wildman–Crippen LogP) is 6.84. The number of carbonyl (C=O) groups is 3. The molecule has 0 saturated carbocycles. The minimum atomic E-state index is -1.19. The summed E-state index contributed by atoms with van der Waals surface area (Å²) >= 11 is 0. The molecule has 0 rings (SSSR count). The highest BCUT2D eigenvalue weighted by atomic mass is 16.4. The smallest absolute Gasteiger partial charge is 0.311 e. The van der Waals surface area contributed by atoms with Crippen LogP contribution in [0.4, 0.5) is 0 Å². The number of allylic oxidation sites excluding steroid dienone is 2. The van der Waals surface area contributed by atoms with Crippen LogP contribution >= 0.6 is 0 Å².